The molecule has 10 heteroatoms. The van der Waals surface area contributed by atoms with Crippen LogP contribution in [0.2, 0.25) is 0 Å². The second kappa shape index (κ2) is 56.5. The van der Waals surface area contributed by atoms with Gasteiger partial charge < -0.3 is 28.5 Å². The van der Waals surface area contributed by atoms with Crippen molar-refractivity contribution < 1.29 is 37.3 Å². The Morgan fingerprint density at radius 3 is 1.12 bits per heavy atom. The highest BCUT2D eigenvalue weighted by molar-refractivity contribution is 7.45. The fourth-order valence-electron chi connectivity index (χ4n) is 9.69. The first-order valence-electron chi connectivity index (χ1n) is 32.8. The van der Waals surface area contributed by atoms with Gasteiger partial charge >= 0.3 is 5.97 Å². The first-order chi connectivity index (χ1) is 36.9. The van der Waals surface area contributed by atoms with Crippen LogP contribution in [0.3, 0.4) is 0 Å². The summed E-state index contributed by atoms with van der Waals surface area (Å²) in [4.78, 5) is 40.0. The largest absolute Gasteiger partial charge is 0.756 e. The summed E-state index contributed by atoms with van der Waals surface area (Å²) in [5.74, 6) is -0.534. The number of carbonyl (C=O) groups is 2. The average molecular weight is 1090 g/mol. The van der Waals surface area contributed by atoms with E-state index in [9.17, 15) is 19.0 Å². The van der Waals surface area contributed by atoms with E-state index >= 15 is 0 Å². The summed E-state index contributed by atoms with van der Waals surface area (Å²) in [5, 5.41) is 3.04. The highest BCUT2D eigenvalue weighted by Crippen LogP contribution is 2.38. The number of carbonyl (C=O) groups excluding carboxylic acids is 2. The Labute approximate surface area is 472 Å². The monoisotopic (exact) mass is 1090 g/mol. The Hall–Kier alpha value is -1.77. The van der Waals surface area contributed by atoms with Gasteiger partial charge in [0.2, 0.25) is 5.91 Å². The SMILES string of the molecule is CCCCCCCC/C=C/CCCCCCCCCCCCCC(=O)NC(COP(=O)([O-])OCC[N+](C)(C)C)C(/C=C\CCCCCCCCCCCC)OC(=O)CCCCCCCCC/C=C/CCCCCCCC. The molecule has 0 radical (unpaired) electrons. The molecule has 0 aliphatic rings. The van der Waals surface area contributed by atoms with E-state index in [2.05, 4.69) is 50.4 Å². The van der Waals surface area contributed by atoms with Gasteiger partial charge in [0.25, 0.3) is 7.82 Å². The summed E-state index contributed by atoms with van der Waals surface area (Å²) in [7, 11) is 1.19. The number of nitrogens with one attached hydrogen (secondary N) is 1. The van der Waals surface area contributed by atoms with Crippen molar-refractivity contribution in [1.29, 1.82) is 0 Å². The molecule has 76 heavy (non-hydrogen) atoms. The summed E-state index contributed by atoms with van der Waals surface area (Å²) in [5.41, 5.74) is 0. The Morgan fingerprint density at radius 1 is 0.447 bits per heavy atom. The Balaban J connectivity index is 5.17. The molecule has 1 N–H and O–H groups in total. The smallest absolute Gasteiger partial charge is 0.306 e. The molecular weight excluding hydrogens is 964 g/mol. The zero-order chi connectivity index (χ0) is 55.7. The summed E-state index contributed by atoms with van der Waals surface area (Å²) in [6.07, 6.45) is 68.2. The molecule has 0 aliphatic carbocycles. The van der Waals surface area contributed by atoms with Gasteiger partial charge in [-0.15, -0.1) is 0 Å². The number of allylic oxidation sites excluding steroid dienone is 5. The highest BCUT2D eigenvalue weighted by atomic mass is 31.2. The molecule has 0 aromatic rings. The number of amides is 1. The van der Waals surface area contributed by atoms with E-state index in [0.717, 1.165) is 70.6 Å². The lowest BCUT2D eigenvalue weighted by Gasteiger charge is -2.30. The number of likely N-dealkylation sites (N-methyl/N-ethyl adjacent to an activating group) is 1. The third-order valence-electron chi connectivity index (χ3n) is 14.8. The standard InChI is InChI=1S/C66H127N2O7P/c1-7-10-13-16-19-22-25-28-30-32-33-34-35-37-38-40-43-46-49-52-55-58-65(69)67-63(62-74-76(71,72)73-61-60-68(4,5)6)64(57-54-51-48-45-42-27-24-21-18-15-12-9-3)75-66(70)59-56-53-50-47-44-41-39-36-31-29-26-23-20-17-14-11-8-2/h28-31,54,57,63-64H,7-27,32-53,55-56,58-62H2,1-6H3,(H-,67,69,71,72)/b30-28+,31-29+,57-54-. The highest BCUT2D eigenvalue weighted by Gasteiger charge is 2.27. The predicted molar refractivity (Wildman–Crippen MR) is 326 cm³/mol. The lowest BCUT2D eigenvalue weighted by Crippen LogP contribution is -2.47. The van der Waals surface area contributed by atoms with Crippen LogP contribution in [-0.2, 0) is 27.9 Å². The van der Waals surface area contributed by atoms with E-state index in [1.807, 2.05) is 33.3 Å². The number of hydrogen-bond donors (Lipinski definition) is 1. The van der Waals surface area contributed by atoms with Crippen LogP contribution >= 0.6 is 7.82 Å². The maximum absolute atomic E-state index is 13.6. The summed E-state index contributed by atoms with van der Waals surface area (Å²) < 4.78 is 30.4. The maximum atomic E-state index is 13.6. The molecule has 0 heterocycles. The number of phosphoric acid groups is 1. The third kappa shape index (κ3) is 56.9. The topological polar surface area (TPSA) is 114 Å². The number of nitrogens with zero attached hydrogens (tertiary/aromatic N) is 1. The normalized spacial score (nSPS) is 13.8. The van der Waals surface area contributed by atoms with Gasteiger partial charge in [0.1, 0.15) is 19.3 Å². The van der Waals surface area contributed by atoms with E-state index in [4.69, 9.17) is 13.8 Å². The van der Waals surface area contributed by atoms with E-state index in [1.165, 1.54) is 218 Å². The molecule has 0 bridgehead atoms. The molecular formula is C66H127N2O7P. The zero-order valence-corrected chi connectivity index (χ0v) is 52.1. The Kier molecular flexibility index (Phi) is 55.2. The number of phosphoric ester groups is 1. The van der Waals surface area contributed by atoms with Crippen LogP contribution in [0.4, 0.5) is 0 Å². The van der Waals surface area contributed by atoms with Crippen LogP contribution in [0, 0.1) is 0 Å². The minimum Gasteiger partial charge on any atom is -0.756 e. The fraction of sp³-hybridized carbons (Fsp3) is 0.879. The van der Waals surface area contributed by atoms with Gasteiger partial charge in [-0.2, -0.15) is 0 Å². The molecule has 1 amide bonds. The van der Waals surface area contributed by atoms with Crippen LogP contribution in [-0.4, -0.2) is 69.4 Å². The molecule has 448 valence electrons. The lowest BCUT2D eigenvalue weighted by molar-refractivity contribution is -0.870. The maximum Gasteiger partial charge on any atom is 0.306 e. The Bertz CT molecular complexity index is 1400. The first kappa shape index (κ1) is 74.2. The number of quaternary nitrogens is 1. The van der Waals surface area contributed by atoms with Gasteiger partial charge in [0, 0.05) is 12.8 Å². The molecule has 0 spiro atoms. The van der Waals surface area contributed by atoms with E-state index in [0.29, 0.717) is 17.4 Å². The Morgan fingerprint density at radius 2 is 0.763 bits per heavy atom. The quantitative estimate of drug-likeness (QED) is 0.0212. The van der Waals surface area contributed by atoms with Crippen molar-refractivity contribution in [3.63, 3.8) is 0 Å². The van der Waals surface area contributed by atoms with Crippen LogP contribution < -0.4 is 10.2 Å². The molecule has 9 nitrogen and oxygen atoms in total. The van der Waals surface area contributed by atoms with Gasteiger partial charge in [0.05, 0.1) is 33.8 Å². The van der Waals surface area contributed by atoms with E-state index < -0.39 is 20.0 Å². The first-order valence-corrected chi connectivity index (χ1v) is 34.3. The second-order valence-corrected chi connectivity index (χ2v) is 25.0. The second-order valence-electron chi connectivity index (χ2n) is 23.6. The van der Waals surface area contributed by atoms with Gasteiger partial charge in [-0.25, -0.2) is 0 Å². The molecule has 0 saturated heterocycles. The predicted octanol–water partition coefficient (Wildman–Crippen LogP) is 19.7. The minimum absolute atomic E-state index is 0.0212. The minimum atomic E-state index is -4.70. The summed E-state index contributed by atoms with van der Waals surface area (Å²) >= 11 is 0. The van der Waals surface area contributed by atoms with Crippen molar-refractivity contribution in [3.8, 4) is 0 Å². The fourth-order valence-corrected chi connectivity index (χ4v) is 10.4. The van der Waals surface area contributed by atoms with Gasteiger partial charge in [0.15, 0.2) is 0 Å². The number of hydrogen-bond acceptors (Lipinski definition) is 7. The third-order valence-corrected chi connectivity index (χ3v) is 15.8. The van der Waals surface area contributed by atoms with Crippen molar-refractivity contribution in [2.24, 2.45) is 0 Å². The van der Waals surface area contributed by atoms with Gasteiger partial charge in [-0.1, -0.05) is 263 Å². The van der Waals surface area contributed by atoms with Crippen molar-refractivity contribution in [2.45, 2.75) is 335 Å². The molecule has 0 saturated carbocycles. The van der Waals surface area contributed by atoms with Crippen LogP contribution in [0.25, 0.3) is 0 Å². The van der Waals surface area contributed by atoms with Gasteiger partial charge in [-0.3, -0.25) is 14.2 Å². The van der Waals surface area contributed by atoms with Crippen molar-refractivity contribution in [1.82, 2.24) is 5.32 Å². The van der Waals surface area contributed by atoms with Crippen molar-refractivity contribution >= 4 is 19.7 Å². The molecule has 0 aromatic heterocycles. The zero-order valence-electron chi connectivity index (χ0n) is 51.2. The molecule has 3 unspecified atom stereocenters. The number of unbranched alkanes of at least 4 members (excludes halogenated alkanes) is 40. The van der Waals surface area contributed by atoms with Crippen LogP contribution in [0.5, 0.6) is 0 Å². The van der Waals surface area contributed by atoms with E-state index in [1.54, 1.807) is 0 Å². The molecule has 0 rings (SSSR count). The molecule has 0 aromatic carbocycles. The summed E-state index contributed by atoms with van der Waals surface area (Å²) in [6.45, 7) is 6.87. The summed E-state index contributed by atoms with van der Waals surface area (Å²) in [6, 6.07) is -0.888. The van der Waals surface area contributed by atoms with Crippen LogP contribution in [0.15, 0.2) is 36.5 Å². The van der Waals surface area contributed by atoms with Gasteiger partial charge in [-0.05, 0) is 83.1 Å². The number of rotatable bonds is 60. The van der Waals surface area contributed by atoms with Crippen LogP contribution in [0.1, 0.15) is 323 Å². The van der Waals surface area contributed by atoms with E-state index in [-0.39, 0.29) is 31.5 Å². The number of esters is 1. The molecule has 3 atom stereocenters. The van der Waals surface area contributed by atoms with Crippen molar-refractivity contribution in [3.05, 3.63) is 36.5 Å². The number of ether oxygens (including phenoxy) is 1. The van der Waals surface area contributed by atoms with Crippen molar-refractivity contribution in [2.75, 3.05) is 40.9 Å². The molecule has 0 aliphatic heterocycles. The lowest BCUT2D eigenvalue weighted by atomic mass is 10.0. The average Bonchev–Trinajstić information content (AvgIpc) is 3.38. The molecule has 0 fully saturated rings.